The number of thiazole rings is 1. The third-order valence-corrected chi connectivity index (χ3v) is 4.36. The predicted octanol–water partition coefficient (Wildman–Crippen LogP) is 2.43. The summed E-state index contributed by atoms with van der Waals surface area (Å²) >= 11 is 1.15. The van der Waals surface area contributed by atoms with E-state index in [2.05, 4.69) is 10.3 Å². The van der Waals surface area contributed by atoms with E-state index in [1.54, 1.807) is 50.7 Å². The van der Waals surface area contributed by atoms with Crippen LogP contribution in [-0.2, 0) is 9.53 Å². The molecule has 2 rings (SSSR count). The highest BCUT2D eigenvalue weighted by Crippen LogP contribution is 2.18. The second-order valence-electron chi connectivity index (χ2n) is 5.50. The normalized spacial score (nSPS) is 10.2. The summed E-state index contributed by atoms with van der Waals surface area (Å²) < 4.78 is 9.89. The van der Waals surface area contributed by atoms with Crippen molar-refractivity contribution >= 4 is 34.3 Å². The Morgan fingerprint density at radius 3 is 2.56 bits per heavy atom. The summed E-state index contributed by atoms with van der Waals surface area (Å²) in [5.74, 6) is -0.371. The van der Waals surface area contributed by atoms with Gasteiger partial charge in [0.1, 0.15) is 11.4 Å². The molecule has 0 bridgehead atoms. The number of hydrogen-bond acceptors (Lipinski definition) is 7. The molecule has 0 aliphatic carbocycles. The first-order valence-corrected chi connectivity index (χ1v) is 9.14. The van der Waals surface area contributed by atoms with E-state index in [0.29, 0.717) is 23.1 Å². The zero-order valence-corrected chi connectivity index (χ0v) is 16.2. The molecule has 0 atom stereocenters. The Morgan fingerprint density at radius 1 is 1.22 bits per heavy atom. The molecule has 1 aromatic heterocycles. The van der Waals surface area contributed by atoms with Gasteiger partial charge >= 0.3 is 5.97 Å². The van der Waals surface area contributed by atoms with Gasteiger partial charge in [-0.2, -0.15) is 0 Å². The number of carbonyl (C=O) groups is 3. The summed E-state index contributed by atoms with van der Waals surface area (Å²) in [7, 11) is 3.13. The van der Waals surface area contributed by atoms with Crippen LogP contribution in [0.25, 0.3) is 0 Å². The summed E-state index contributed by atoms with van der Waals surface area (Å²) in [6, 6.07) is 6.64. The van der Waals surface area contributed by atoms with Crippen molar-refractivity contribution in [3.05, 3.63) is 40.9 Å². The molecule has 0 aliphatic rings. The molecule has 1 heterocycles. The average Bonchev–Trinajstić information content (AvgIpc) is 3.14. The van der Waals surface area contributed by atoms with Crippen LogP contribution in [0.15, 0.2) is 29.6 Å². The van der Waals surface area contributed by atoms with Crippen LogP contribution < -0.4 is 10.1 Å². The third kappa shape index (κ3) is 5.78. The fourth-order valence-electron chi connectivity index (χ4n) is 2.13. The number of benzene rings is 1. The Labute approximate surface area is 161 Å². The quantitative estimate of drug-likeness (QED) is 0.694. The monoisotopic (exact) mass is 391 g/mol. The van der Waals surface area contributed by atoms with Gasteiger partial charge in [0, 0.05) is 24.5 Å². The number of ether oxygens (including phenoxy) is 2. The molecule has 0 aliphatic heterocycles. The first-order valence-electron chi connectivity index (χ1n) is 8.26. The maximum absolute atomic E-state index is 12.3. The highest BCUT2D eigenvalue weighted by atomic mass is 32.1. The predicted molar refractivity (Wildman–Crippen MR) is 101 cm³/mol. The topological polar surface area (TPSA) is 97.8 Å². The molecule has 0 radical (unpaired) electrons. The number of esters is 1. The first kappa shape index (κ1) is 20.4. The molecule has 2 amide bonds. The molecule has 1 aromatic carbocycles. The molecule has 27 heavy (non-hydrogen) atoms. The van der Waals surface area contributed by atoms with Gasteiger partial charge in [-0.3, -0.25) is 19.7 Å². The van der Waals surface area contributed by atoms with Crippen molar-refractivity contribution < 1.29 is 23.9 Å². The van der Waals surface area contributed by atoms with E-state index in [4.69, 9.17) is 9.47 Å². The lowest BCUT2D eigenvalue weighted by Gasteiger charge is -2.15. The Bertz CT molecular complexity index is 804. The maximum Gasteiger partial charge on any atom is 0.307 e. The highest BCUT2D eigenvalue weighted by Gasteiger charge is 2.18. The first-order chi connectivity index (χ1) is 12.9. The lowest BCUT2D eigenvalue weighted by atomic mass is 10.2. The number of aromatic nitrogens is 1. The summed E-state index contributed by atoms with van der Waals surface area (Å²) in [6.07, 6.45) is 0.112. The molecule has 0 saturated carbocycles. The lowest BCUT2D eigenvalue weighted by Crippen LogP contribution is -2.29. The van der Waals surface area contributed by atoms with E-state index in [9.17, 15) is 14.4 Å². The van der Waals surface area contributed by atoms with Gasteiger partial charge in [-0.1, -0.05) is 0 Å². The molecule has 0 saturated heterocycles. The molecule has 0 spiro atoms. The molecular formula is C18H21N3O5S. The standard InChI is InChI=1S/C18H21N3O5S/c1-4-26-15(22)9-10-21(2)17(24)14-11-27-18(19-14)20-16(23)12-5-7-13(25-3)8-6-12/h5-8,11H,4,9-10H2,1-3H3,(H,19,20,23). The maximum atomic E-state index is 12.3. The SMILES string of the molecule is CCOC(=O)CCN(C)C(=O)c1csc(NC(=O)c2ccc(OC)cc2)n1. The van der Waals surface area contributed by atoms with E-state index >= 15 is 0 Å². The van der Waals surface area contributed by atoms with Crippen LogP contribution in [0.1, 0.15) is 34.2 Å². The number of amides is 2. The second-order valence-corrected chi connectivity index (χ2v) is 6.36. The molecule has 144 valence electrons. The van der Waals surface area contributed by atoms with Gasteiger partial charge < -0.3 is 14.4 Å². The molecule has 9 heteroatoms. The van der Waals surface area contributed by atoms with Gasteiger partial charge in [-0.25, -0.2) is 4.98 Å². The highest BCUT2D eigenvalue weighted by molar-refractivity contribution is 7.14. The van der Waals surface area contributed by atoms with E-state index in [1.165, 1.54) is 4.90 Å². The number of anilines is 1. The molecule has 0 unspecified atom stereocenters. The zero-order valence-electron chi connectivity index (χ0n) is 15.4. The summed E-state index contributed by atoms with van der Waals surface area (Å²) in [5.41, 5.74) is 0.654. The van der Waals surface area contributed by atoms with Crippen molar-refractivity contribution in [3.8, 4) is 5.75 Å². The van der Waals surface area contributed by atoms with Crippen molar-refractivity contribution in [2.24, 2.45) is 0 Å². The van der Waals surface area contributed by atoms with Crippen molar-refractivity contribution in [2.45, 2.75) is 13.3 Å². The zero-order chi connectivity index (χ0) is 19.8. The number of rotatable bonds is 8. The summed E-state index contributed by atoms with van der Waals surface area (Å²) in [6.45, 7) is 2.26. The van der Waals surface area contributed by atoms with Gasteiger partial charge in [0.25, 0.3) is 11.8 Å². The van der Waals surface area contributed by atoms with Crippen LogP contribution in [-0.4, -0.2) is 55.0 Å². The molecule has 8 nitrogen and oxygen atoms in total. The van der Waals surface area contributed by atoms with E-state index in [1.807, 2.05) is 0 Å². The smallest absolute Gasteiger partial charge is 0.307 e. The fraction of sp³-hybridized carbons (Fsp3) is 0.333. The Balaban J connectivity index is 1.93. The van der Waals surface area contributed by atoms with E-state index in [0.717, 1.165) is 11.3 Å². The number of nitrogens with one attached hydrogen (secondary N) is 1. The van der Waals surface area contributed by atoms with Gasteiger partial charge in [-0.15, -0.1) is 11.3 Å². The van der Waals surface area contributed by atoms with Gasteiger partial charge in [-0.05, 0) is 31.2 Å². The summed E-state index contributed by atoms with van der Waals surface area (Å²) in [5, 5.41) is 4.54. The van der Waals surface area contributed by atoms with Crippen LogP contribution in [0.4, 0.5) is 5.13 Å². The van der Waals surface area contributed by atoms with E-state index in [-0.39, 0.29) is 36.4 Å². The van der Waals surface area contributed by atoms with Gasteiger partial charge in [0.2, 0.25) is 0 Å². The third-order valence-electron chi connectivity index (χ3n) is 3.60. The van der Waals surface area contributed by atoms with Crippen molar-refractivity contribution in [3.63, 3.8) is 0 Å². The van der Waals surface area contributed by atoms with E-state index < -0.39 is 0 Å². The lowest BCUT2D eigenvalue weighted by molar-refractivity contribution is -0.143. The van der Waals surface area contributed by atoms with Crippen molar-refractivity contribution in [1.29, 1.82) is 0 Å². The Kier molecular flexibility index (Phi) is 7.30. The van der Waals surface area contributed by atoms with Crippen LogP contribution in [0.5, 0.6) is 5.75 Å². The van der Waals surface area contributed by atoms with Crippen LogP contribution >= 0.6 is 11.3 Å². The van der Waals surface area contributed by atoms with Gasteiger partial charge in [0.15, 0.2) is 5.13 Å². The number of nitrogens with zero attached hydrogens (tertiary/aromatic N) is 2. The van der Waals surface area contributed by atoms with Crippen molar-refractivity contribution in [2.75, 3.05) is 32.6 Å². The molecule has 1 N–H and O–H groups in total. The van der Waals surface area contributed by atoms with Crippen LogP contribution in [0.2, 0.25) is 0 Å². The number of carbonyl (C=O) groups excluding carboxylic acids is 3. The largest absolute Gasteiger partial charge is 0.497 e. The minimum absolute atomic E-state index is 0.112. The minimum Gasteiger partial charge on any atom is -0.497 e. The molecule has 0 fully saturated rings. The fourth-order valence-corrected chi connectivity index (χ4v) is 2.81. The van der Waals surface area contributed by atoms with Gasteiger partial charge in [0.05, 0.1) is 20.1 Å². The van der Waals surface area contributed by atoms with Crippen LogP contribution in [0.3, 0.4) is 0 Å². The minimum atomic E-state index is -0.358. The average molecular weight is 391 g/mol. The second kappa shape index (κ2) is 9.67. The summed E-state index contributed by atoms with van der Waals surface area (Å²) in [4.78, 5) is 41.5. The number of hydrogen-bond donors (Lipinski definition) is 1. The molecule has 2 aromatic rings. The molecular weight excluding hydrogens is 370 g/mol. The Morgan fingerprint density at radius 2 is 1.93 bits per heavy atom. The number of methoxy groups -OCH3 is 1. The van der Waals surface area contributed by atoms with Crippen LogP contribution in [0, 0.1) is 0 Å². The Hall–Kier alpha value is -2.94. The van der Waals surface area contributed by atoms with Crippen molar-refractivity contribution in [1.82, 2.24) is 9.88 Å².